The van der Waals surface area contributed by atoms with E-state index < -0.39 is 0 Å². The molecule has 122 valence electrons. The summed E-state index contributed by atoms with van der Waals surface area (Å²) in [6.45, 7) is 1.10. The summed E-state index contributed by atoms with van der Waals surface area (Å²) in [7, 11) is 0. The van der Waals surface area contributed by atoms with Gasteiger partial charge in [0.15, 0.2) is 0 Å². The standard InChI is InChI=1S/C18H22BrN3S/c1-23-18-6-2-13(3-7-18)11-21-15-4-5-16(21)9-17(8-15)22-12-14(19)10-20-22/h2-3,6-7,10,12,15-17H,4-5,8-9,11H2,1H3. The van der Waals surface area contributed by atoms with Gasteiger partial charge in [-0.05, 0) is 65.6 Å². The average molecular weight is 392 g/mol. The first kappa shape index (κ1) is 15.7. The fourth-order valence-electron chi connectivity index (χ4n) is 4.18. The van der Waals surface area contributed by atoms with Gasteiger partial charge in [-0.15, -0.1) is 11.8 Å². The smallest absolute Gasteiger partial charge is 0.0632 e. The van der Waals surface area contributed by atoms with Crippen molar-refractivity contribution in [3.8, 4) is 0 Å². The SMILES string of the molecule is CSc1ccc(CN2C3CCC2CC(n2cc(Br)cn2)C3)cc1. The van der Waals surface area contributed by atoms with Crippen LogP contribution in [0.15, 0.2) is 46.0 Å². The summed E-state index contributed by atoms with van der Waals surface area (Å²) in [4.78, 5) is 4.09. The Hall–Kier alpha value is -0.780. The van der Waals surface area contributed by atoms with Crippen molar-refractivity contribution < 1.29 is 0 Å². The van der Waals surface area contributed by atoms with Crippen molar-refractivity contribution in [2.24, 2.45) is 0 Å². The third-order valence-corrected chi connectivity index (χ3v) is 6.48. The van der Waals surface area contributed by atoms with E-state index in [1.165, 1.54) is 36.1 Å². The molecule has 23 heavy (non-hydrogen) atoms. The minimum absolute atomic E-state index is 0.564. The van der Waals surface area contributed by atoms with Gasteiger partial charge in [-0.1, -0.05) is 12.1 Å². The van der Waals surface area contributed by atoms with Crippen LogP contribution in [-0.2, 0) is 6.54 Å². The molecule has 2 fully saturated rings. The molecule has 5 heteroatoms. The monoisotopic (exact) mass is 391 g/mol. The predicted molar refractivity (Wildman–Crippen MR) is 98.8 cm³/mol. The maximum absolute atomic E-state index is 4.51. The summed E-state index contributed by atoms with van der Waals surface area (Å²) < 4.78 is 3.25. The Labute approximate surface area is 150 Å². The molecule has 2 aliphatic rings. The highest BCUT2D eigenvalue weighted by atomic mass is 79.9. The number of nitrogens with zero attached hydrogens (tertiary/aromatic N) is 3. The van der Waals surface area contributed by atoms with Crippen LogP contribution < -0.4 is 0 Å². The number of hydrogen-bond acceptors (Lipinski definition) is 3. The van der Waals surface area contributed by atoms with Crippen molar-refractivity contribution in [1.82, 2.24) is 14.7 Å². The van der Waals surface area contributed by atoms with E-state index in [4.69, 9.17) is 0 Å². The quantitative estimate of drug-likeness (QED) is 0.702. The van der Waals surface area contributed by atoms with Crippen LogP contribution in [-0.4, -0.2) is 33.0 Å². The van der Waals surface area contributed by atoms with Gasteiger partial charge in [0.25, 0.3) is 0 Å². The van der Waals surface area contributed by atoms with Crippen molar-refractivity contribution in [1.29, 1.82) is 0 Å². The van der Waals surface area contributed by atoms with Crippen molar-refractivity contribution >= 4 is 27.7 Å². The molecule has 2 atom stereocenters. The lowest BCUT2D eigenvalue weighted by atomic mass is 9.97. The van der Waals surface area contributed by atoms with Crippen LogP contribution in [0.3, 0.4) is 0 Å². The normalized spacial score (nSPS) is 27.5. The Balaban J connectivity index is 1.45. The lowest BCUT2D eigenvalue weighted by molar-refractivity contribution is 0.0951. The highest BCUT2D eigenvalue weighted by molar-refractivity contribution is 9.10. The molecule has 2 aliphatic heterocycles. The fourth-order valence-corrected chi connectivity index (χ4v) is 4.89. The second-order valence-corrected chi connectivity index (χ2v) is 8.46. The molecular formula is C18H22BrN3S. The molecule has 0 amide bonds. The number of fused-ring (bicyclic) bond motifs is 2. The van der Waals surface area contributed by atoms with Crippen LogP contribution in [0.4, 0.5) is 0 Å². The van der Waals surface area contributed by atoms with Crippen LogP contribution in [0, 0.1) is 0 Å². The first-order valence-electron chi connectivity index (χ1n) is 8.31. The highest BCUT2D eigenvalue weighted by Crippen LogP contribution is 2.41. The largest absolute Gasteiger partial charge is 0.293 e. The third kappa shape index (κ3) is 3.24. The second-order valence-electron chi connectivity index (χ2n) is 6.67. The summed E-state index contributed by atoms with van der Waals surface area (Å²) in [5.74, 6) is 0. The van der Waals surface area contributed by atoms with Crippen molar-refractivity contribution in [3.05, 3.63) is 46.7 Å². The Morgan fingerprint density at radius 1 is 1.13 bits per heavy atom. The minimum Gasteiger partial charge on any atom is -0.293 e. The van der Waals surface area contributed by atoms with E-state index in [1.807, 2.05) is 18.0 Å². The summed E-state index contributed by atoms with van der Waals surface area (Å²) in [6, 6.07) is 11.1. The van der Waals surface area contributed by atoms with Gasteiger partial charge < -0.3 is 0 Å². The van der Waals surface area contributed by atoms with Crippen LogP contribution in [0.2, 0.25) is 0 Å². The number of halogens is 1. The molecule has 4 rings (SSSR count). The van der Waals surface area contributed by atoms with Crippen molar-refractivity contribution in [2.45, 2.75) is 55.2 Å². The molecule has 0 radical (unpaired) electrons. The zero-order chi connectivity index (χ0) is 15.8. The molecule has 0 saturated carbocycles. The first-order valence-corrected chi connectivity index (χ1v) is 10.3. The number of thioether (sulfide) groups is 1. The predicted octanol–water partition coefficient (Wildman–Crippen LogP) is 4.74. The van der Waals surface area contributed by atoms with E-state index in [1.54, 1.807) is 0 Å². The molecule has 2 unspecified atom stereocenters. The molecule has 0 spiro atoms. The van der Waals surface area contributed by atoms with Crippen LogP contribution in [0.1, 0.15) is 37.3 Å². The molecule has 2 bridgehead atoms. The fraction of sp³-hybridized carbons (Fsp3) is 0.500. The zero-order valence-electron chi connectivity index (χ0n) is 13.4. The average Bonchev–Trinajstić information content (AvgIpc) is 3.09. The highest BCUT2D eigenvalue weighted by Gasteiger charge is 2.41. The molecule has 0 N–H and O–H groups in total. The van der Waals surface area contributed by atoms with E-state index >= 15 is 0 Å². The van der Waals surface area contributed by atoms with Gasteiger partial charge in [-0.3, -0.25) is 9.58 Å². The molecule has 2 aromatic rings. The lowest BCUT2D eigenvalue weighted by Crippen LogP contribution is -2.42. The first-order chi connectivity index (χ1) is 11.2. The van der Waals surface area contributed by atoms with Gasteiger partial charge in [-0.25, -0.2) is 0 Å². The second kappa shape index (κ2) is 6.61. The van der Waals surface area contributed by atoms with Gasteiger partial charge in [0, 0.05) is 29.7 Å². The minimum atomic E-state index is 0.564. The zero-order valence-corrected chi connectivity index (χ0v) is 15.8. The van der Waals surface area contributed by atoms with E-state index in [2.05, 4.69) is 67.3 Å². The lowest BCUT2D eigenvalue weighted by Gasteiger charge is -2.39. The van der Waals surface area contributed by atoms with Crippen molar-refractivity contribution in [3.63, 3.8) is 0 Å². The van der Waals surface area contributed by atoms with Gasteiger partial charge in [0.05, 0.1) is 16.7 Å². The van der Waals surface area contributed by atoms with E-state index in [0.717, 1.165) is 11.0 Å². The van der Waals surface area contributed by atoms with Crippen molar-refractivity contribution in [2.75, 3.05) is 6.26 Å². The maximum atomic E-state index is 4.51. The number of hydrogen-bond donors (Lipinski definition) is 0. The van der Waals surface area contributed by atoms with Gasteiger partial charge in [-0.2, -0.15) is 5.10 Å². The summed E-state index contributed by atoms with van der Waals surface area (Å²) >= 11 is 5.33. The molecule has 2 saturated heterocycles. The Morgan fingerprint density at radius 2 is 1.83 bits per heavy atom. The molecular weight excluding hydrogens is 370 g/mol. The Bertz CT molecular complexity index is 655. The number of benzene rings is 1. The summed E-state index contributed by atoms with van der Waals surface area (Å²) in [6.07, 6.45) is 11.3. The Morgan fingerprint density at radius 3 is 2.39 bits per heavy atom. The summed E-state index contributed by atoms with van der Waals surface area (Å²) in [5.41, 5.74) is 1.44. The van der Waals surface area contributed by atoms with Crippen LogP contribution in [0.25, 0.3) is 0 Å². The molecule has 1 aromatic carbocycles. The topological polar surface area (TPSA) is 21.1 Å². The van der Waals surface area contributed by atoms with E-state index in [0.29, 0.717) is 18.1 Å². The van der Waals surface area contributed by atoms with Gasteiger partial charge in [0.2, 0.25) is 0 Å². The molecule has 3 heterocycles. The van der Waals surface area contributed by atoms with E-state index in [9.17, 15) is 0 Å². The Kier molecular flexibility index (Phi) is 4.52. The number of rotatable bonds is 4. The van der Waals surface area contributed by atoms with Crippen LogP contribution in [0.5, 0.6) is 0 Å². The maximum Gasteiger partial charge on any atom is 0.0632 e. The van der Waals surface area contributed by atoms with Crippen LogP contribution >= 0.6 is 27.7 Å². The molecule has 1 aromatic heterocycles. The number of aromatic nitrogens is 2. The van der Waals surface area contributed by atoms with Gasteiger partial charge >= 0.3 is 0 Å². The summed E-state index contributed by atoms with van der Waals surface area (Å²) in [5, 5.41) is 4.51. The third-order valence-electron chi connectivity index (χ3n) is 5.33. The number of piperidine rings is 1. The molecule has 3 nitrogen and oxygen atoms in total. The van der Waals surface area contributed by atoms with Gasteiger partial charge in [0.1, 0.15) is 0 Å². The van der Waals surface area contributed by atoms with E-state index in [-0.39, 0.29) is 0 Å². The molecule has 0 aliphatic carbocycles.